The number of esters is 3. The zero-order valence-electron chi connectivity index (χ0n) is 32.2. The third kappa shape index (κ3) is 18.5. The molecule has 0 atom stereocenters. The molecule has 0 heterocycles. The van der Waals surface area contributed by atoms with Gasteiger partial charge in [-0.05, 0) is 42.4 Å². The molecule has 0 spiro atoms. The molecule has 0 radical (unpaired) electrons. The van der Waals surface area contributed by atoms with E-state index in [1.165, 1.54) is 0 Å². The van der Waals surface area contributed by atoms with Crippen LogP contribution in [0.1, 0.15) is 145 Å². The SMILES string of the molecule is O=C(O)CCCCCCCCCCC(CCCCCCCCCCC(=O)OCc1ccccc1)(C(=O)OCc1ccccc1)C(=O)OCc1ccccc1. The van der Waals surface area contributed by atoms with E-state index in [1.54, 1.807) is 0 Å². The molecule has 1 N–H and O–H groups in total. The smallest absolute Gasteiger partial charge is 0.323 e. The predicted molar refractivity (Wildman–Crippen MR) is 211 cm³/mol. The van der Waals surface area contributed by atoms with Crippen molar-refractivity contribution in [3.63, 3.8) is 0 Å². The molecule has 54 heavy (non-hydrogen) atoms. The Labute approximate surface area is 323 Å². The fourth-order valence-corrected chi connectivity index (χ4v) is 6.67. The van der Waals surface area contributed by atoms with E-state index in [4.69, 9.17) is 19.3 Å². The first-order valence-corrected chi connectivity index (χ1v) is 20.2. The van der Waals surface area contributed by atoms with Crippen LogP contribution >= 0.6 is 0 Å². The average molecular weight is 743 g/mol. The topological polar surface area (TPSA) is 116 Å². The fraction of sp³-hybridized carbons (Fsp3) is 0.522. The van der Waals surface area contributed by atoms with Crippen LogP contribution in [0.25, 0.3) is 0 Å². The molecule has 8 nitrogen and oxygen atoms in total. The maximum absolute atomic E-state index is 14.0. The van der Waals surface area contributed by atoms with E-state index in [2.05, 4.69) is 0 Å². The molecule has 0 amide bonds. The highest BCUT2D eigenvalue weighted by atomic mass is 16.6. The van der Waals surface area contributed by atoms with Gasteiger partial charge in [-0.3, -0.25) is 19.2 Å². The number of benzene rings is 3. The lowest BCUT2D eigenvalue weighted by molar-refractivity contribution is -0.176. The molecule has 3 rings (SSSR count). The summed E-state index contributed by atoms with van der Waals surface area (Å²) in [6.45, 7) is 0.509. The maximum Gasteiger partial charge on any atom is 0.323 e. The first kappa shape index (κ1) is 43.9. The third-order valence-corrected chi connectivity index (χ3v) is 9.93. The molecule has 0 bridgehead atoms. The van der Waals surface area contributed by atoms with Gasteiger partial charge in [-0.2, -0.15) is 0 Å². The number of ether oxygens (including phenoxy) is 3. The lowest BCUT2D eigenvalue weighted by atomic mass is 9.77. The van der Waals surface area contributed by atoms with Gasteiger partial charge in [0.1, 0.15) is 19.8 Å². The molecule has 0 aliphatic heterocycles. The number of hydrogen-bond donors (Lipinski definition) is 1. The lowest BCUT2D eigenvalue weighted by Gasteiger charge is -2.30. The van der Waals surface area contributed by atoms with Gasteiger partial charge in [0.15, 0.2) is 5.41 Å². The second kappa shape index (κ2) is 27.2. The summed E-state index contributed by atoms with van der Waals surface area (Å²) in [6.07, 6.45) is 16.3. The van der Waals surface area contributed by atoms with Gasteiger partial charge in [0.25, 0.3) is 0 Å². The zero-order chi connectivity index (χ0) is 38.5. The fourth-order valence-electron chi connectivity index (χ4n) is 6.67. The molecule has 3 aromatic rings. The first-order valence-electron chi connectivity index (χ1n) is 20.2. The second-order valence-electron chi connectivity index (χ2n) is 14.4. The summed E-state index contributed by atoms with van der Waals surface area (Å²) in [7, 11) is 0. The summed E-state index contributed by atoms with van der Waals surface area (Å²) in [5.74, 6) is -1.92. The van der Waals surface area contributed by atoms with E-state index < -0.39 is 23.3 Å². The molecule has 0 saturated heterocycles. The minimum Gasteiger partial charge on any atom is -0.481 e. The van der Waals surface area contributed by atoms with Crippen LogP contribution in [0.4, 0.5) is 0 Å². The van der Waals surface area contributed by atoms with E-state index in [-0.39, 0.29) is 25.6 Å². The molecule has 8 heteroatoms. The maximum atomic E-state index is 14.0. The van der Waals surface area contributed by atoms with Crippen molar-refractivity contribution in [1.29, 1.82) is 0 Å². The van der Waals surface area contributed by atoms with Crippen LogP contribution < -0.4 is 0 Å². The van der Waals surface area contributed by atoms with E-state index in [9.17, 15) is 19.2 Å². The lowest BCUT2D eigenvalue weighted by Crippen LogP contribution is -2.42. The standard InChI is InChI=1S/C46H62O8/c47-42(48)32-22-9-5-1-3-7-11-24-34-46(44(50)53-37-40-28-18-14-19-29-40,45(51)54-38-41-30-20-15-21-31-41)35-25-12-8-4-2-6-10-23-33-43(49)52-36-39-26-16-13-17-27-39/h13-21,26-31H,1-12,22-25,32-38H2,(H,47,48). The molecular formula is C46H62O8. The van der Waals surface area contributed by atoms with Gasteiger partial charge in [0.2, 0.25) is 0 Å². The number of carboxylic acids is 1. The Morgan fingerprint density at radius 2 is 0.722 bits per heavy atom. The van der Waals surface area contributed by atoms with Gasteiger partial charge in [-0.15, -0.1) is 0 Å². The minimum absolute atomic E-state index is 0.0972. The highest BCUT2D eigenvalue weighted by Crippen LogP contribution is 2.36. The normalized spacial score (nSPS) is 11.2. The van der Waals surface area contributed by atoms with Crippen molar-refractivity contribution >= 4 is 23.9 Å². The van der Waals surface area contributed by atoms with E-state index in [1.807, 2.05) is 91.0 Å². The molecule has 294 valence electrons. The van der Waals surface area contributed by atoms with Crippen LogP contribution in [0.2, 0.25) is 0 Å². The van der Waals surface area contributed by atoms with Crippen molar-refractivity contribution in [2.24, 2.45) is 5.41 Å². The molecule has 0 fully saturated rings. The van der Waals surface area contributed by atoms with E-state index >= 15 is 0 Å². The van der Waals surface area contributed by atoms with Gasteiger partial charge < -0.3 is 19.3 Å². The van der Waals surface area contributed by atoms with Crippen molar-refractivity contribution in [3.8, 4) is 0 Å². The number of rotatable bonds is 30. The van der Waals surface area contributed by atoms with Gasteiger partial charge >= 0.3 is 23.9 Å². The van der Waals surface area contributed by atoms with Crippen molar-refractivity contribution in [2.75, 3.05) is 0 Å². The average Bonchev–Trinajstić information content (AvgIpc) is 3.19. The third-order valence-electron chi connectivity index (χ3n) is 9.93. The molecule has 0 aromatic heterocycles. The second-order valence-corrected chi connectivity index (χ2v) is 14.4. The summed E-state index contributed by atoms with van der Waals surface area (Å²) in [5.41, 5.74) is 1.34. The molecule has 0 aliphatic rings. The molecular weight excluding hydrogens is 680 g/mol. The monoisotopic (exact) mass is 742 g/mol. The summed E-state index contributed by atoms with van der Waals surface area (Å²) < 4.78 is 17.2. The van der Waals surface area contributed by atoms with Crippen molar-refractivity contribution in [1.82, 2.24) is 0 Å². The van der Waals surface area contributed by atoms with Gasteiger partial charge in [-0.25, -0.2) is 0 Å². The largest absolute Gasteiger partial charge is 0.481 e. The summed E-state index contributed by atoms with van der Waals surface area (Å²) >= 11 is 0. The molecule has 0 unspecified atom stereocenters. The number of aliphatic carboxylic acids is 1. The van der Waals surface area contributed by atoms with E-state index in [0.717, 1.165) is 100 Å². The zero-order valence-corrected chi connectivity index (χ0v) is 32.2. The Kier molecular flexibility index (Phi) is 22.1. The van der Waals surface area contributed by atoms with Gasteiger partial charge in [0.05, 0.1) is 0 Å². The van der Waals surface area contributed by atoms with Crippen molar-refractivity contribution in [2.45, 2.75) is 148 Å². The van der Waals surface area contributed by atoms with Gasteiger partial charge in [0, 0.05) is 12.8 Å². The van der Waals surface area contributed by atoms with Crippen LogP contribution in [-0.2, 0) is 53.2 Å². The minimum atomic E-state index is -1.38. The Balaban J connectivity index is 1.49. The highest BCUT2D eigenvalue weighted by Gasteiger charge is 2.48. The Bertz CT molecular complexity index is 1400. The Morgan fingerprint density at radius 1 is 0.407 bits per heavy atom. The van der Waals surface area contributed by atoms with Crippen molar-refractivity contribution in [3.05, 3.63) is 108 Å². The Morgan fingerprint density at radius 3 is 1.09 bits per heavy atom. The quantitative estimate of drug-likeness (QED) is 0.0310. The van der Waals surface area contributed by atoms with Crippen LogP contribution in [-0.4, -0.2) is 29.0 Å². The predicted octanol–water partition coefficient (Wildman–Crippen LogP) is 11.1. The summed E-state index contributed by atoms with van der Waals surface area (Å²) in [5, 5.41) is 8.84. The highest BCUT2D eigenvalue weighted by molar-refractivity contribution is 6.00. The molecule has 0 aliphatic carbocycles. The summed E-state index contributed by atoms with van der Waals surface area (Å²) in [4.78, 5) is 50.9. The number of unbranched alkanes of at least 4 members (excludes halogenated alkanes) is 14. The number of carboxylic acid groups (broad SMARTS) is 1. The van der Waals surface area contributed by atoms with Crippen molar-refractivity contribution < 1.29 is 38.5 Å². The molecule has 3 aromatic carbocycles. The number of carbonyl (C=O) groups excluding carboxylic acids is 3. The van der Waals surface area contributed by atoms with Crippen LogP contribution in [0.3, 0.4) is 0 Å². The number of hydrogen-bond acceptors (Lipinski definition) is 7. The van der Waals surface area contributed by atoms with Crippen LogP contribution in [0.5, 0.6) is 0 Å². The molecule has 0 saturated carbocycles. The summed E-state index contributed by atoms with van der Waals surface area (Å²) in [6, 6.07) is 28.8. The van der Waals surface area contributed by atoms with Crippen LogP contribution in [0.15, 0.2) is 91.0 Å². The van der Waals surface area contributed by atoms with E-state index in [0.29, 0.717) is 45.1 Å². The van der Waals surface area contributed by atoms with Gasteiger partial charge in [-0.1, -0.05) is 181 Å². The first-order chi connectivity index (χ1) is 26.4. The Hall–Kier alpha value is -4.46. The number of carbonyl (C=O) groups is 4. The van der Waals surface area contributed by atoms with Crippen LogP contribution in [0, 0.1) is 5.41 Å².